The molecular formula is C9H13NO2. The van der Waals surface area contributed by atoms with Gasteiger partial charge in [0.2, 0.25) is 5.78 Å². The minimum atomic E-state index is -0.369. The van der Waals surface area contributed by atoms with Gasteiger partial charge in [0.15, 0.2) is 0 Å². The summed E-state index contributed by atoms with van der Waals surface area (Å²) in [6.07, 6.45) is 4.21. The number of likely N-dealkylation sites (N-methyl/N-ethyl adjacent to an activating group) is 1. The first kappa shape index (κ1) is 8.97. The van der Waals surface area contributed by atoms with E-state index >= 15 is 0 Å². The molecule has 0 aromatic heterocycles. The molecule has 0 aromatic carbocycles. The first-order valence-corrected chi connectivity index (χ1v) is 4.23. The van der Waals surface area contributed by atoms with Gasteiger partial charge in [-0.25, -0.2) is 0 Å². The second-order valence-electron chi connectivity index (χ2n) is 2.81. The van der Waals surface area contributed by atoms with Crippen molar-refractivity contribution in [1.82, 2.24) is 4.90 Å². The molecule has 0 radical (unpaired) electrons. The number of carbonyl (C=O) groups excluding carboxylic acids is 2. The van der Waals surface area contributed by atoms with E-state index in [1.165, 1.54) is 4.90 Å². The van der Waals surface area contributed by atoms with Crippen LogP contribution in [0.3, 0.4) is 0 Å². The predicted octanol–water partition coefficient (Wildman–Crippen LogP) is 0.958. The van der Waals surface area contributed by atoms with Gasteiger partial charge in [0.1, 0.15) is 0 Å². The molecule has 0 aliphatic carbocycles. The molecule has 1 aliphatic rings. The van der Waals surface area contributed by atoms with Crippen molar-refractivity contribution in [2.24, 2.45) is 5.92 Å². The number of allylic oxidation sites excluding steroid dienone is 1. The number of rotatable bonds is 2. The molecule has 0 N–H and O–H groups in total. The molecule has 12 heavy (non-hydrogen) atoms. The third kappa shape index (κ3) is 1.40. The van der Waals surface area contributed by atoms with Crippen LogP contribution >= 0.6 is 0 Å². The molecule has 1 heterocycles. The zero-order valence-corrected chi connectivity index (χ0v) is 7.41. The second-order valence-corrected chi connectivity index (χ2v) is 2.81. The van der Waals surface area contributed by atoms with Gasteiger partial charge in [0, 0.05) is 18.7 Å². The lowest BCUT2D eigenvalue weighted by Crippen LogP contribution is -2.39. The monoisotopic (exact) mass is 167 g/mol. The molecule has 0 bridgehead atoms. The quantitative estimate of drug-likeness (QED) is 0.574. The third-order valence-corrected chi connectivity index (χ3v) is 2.09. The van der Waals surface area contributed by atoms with Crippen LogP contribution in [0.2, 0.25) is 0 Å². The summed E-state index contributed by atoms with van der Waals surface area (Å²) in [6.45, 7) is 4.32. The highest BCUT2D eigenvalue weighted by atomic mass is 16.2. The van der Waals surface area contributed by atoms with Gasteiger partial charge in [-0.3, -0.25) is 9.59 Å². The number of Topliss-reactive ketones (excluding diaryl/α,β-unsaturated/α-hetero) is 1. The van der Waals surface area contributed by atoms with Crippen molar-refractivity contribution in [3.8, 4) is 0 Å². The zero-order chi connectivity index (χ0) is 9.14. The molecular weight excluding hydrogens is 154 g/mol. The smallest absolute Gasteiger partial charge is 0.294 e. The minimum Gasteiger partial charge on any atom is -0.313 e. The fourth-order valence-corrected chi connectivity index (χ4v) is 1.23. The van der Waals surface area contributed by atoms with Gasteiger partial charge in [0.05, 0.1) is 0 Å². The summed E-state index contributed by atoms with van der Waals surface area (Å²) in [4.78, 5) is 24.0. The molecule has 3 heteroatoms. The van der Waals surface area contributed by atoms with Crippen molar-refractivity contribution in [3.05, 3.63) is 12.3 Å². The van der Waals surface area contributed by atoms with Gasteiger partial charge < -0.3 is 4.90 Å². The summed E-state index contributed by atoms with van der Waals surface area (Å²) in [5, 5.41) is 0. The average Bonchev–Trinajstić information content (AvgIpc) is 2.10. The number of hydrogen-bond donors (Lipinski definition) is 0. The maximum Gasteiger partial charge on any atom is 0.294 e. The van der Waals surface area contributed by atoms with E-state index in [2.05, 4.69) is 0 Å². The van der Waals surface area contributed by atoms with E-state index in [9.17, 15) is 9.59 Å². The molecule has 0 aromatic rings. The van der Waals surface area contributed by atoms with Gasteiger partial charge >= 0.3 is 0 Å². The summed E-state index contributed by atoms with van der Waals surface area (Å²) in [5.41, 5.74) is 0. The van der Waals surface area contributed by atoms with Gasteiger partial charge in [0.25, 0.3) is 5.91 Å². The maximum atomic E-state index is 11.3. The topological polar surface area (TPSA) is 37.4 Å². The van der Waals surface area contributed by atoms with Crippen LogP contribution in [-0.4, -0.2) is 23.1 Å². The zero-order valence-electron chi connectivity index (χ0n) is 7.41. The highest BCUT2D eigenvalue weighted by Gasteiger charge is 2.28. The van der Waals surface area contributed by atoms with Crippen molar-refractivity contribution in [2.75, 3.05) is 6.54 Å². The first-order chi connectivity index (χ1) is 5.70. The highest BCUT2D eigenvalue weighted by molar-refractivity contribution is 6.38. The van der Waals surface area contributed by atoms with Crippen LogP contribution in [-0.2, 0) is 9.59 Å². The standard InChI is InChI=1S/C9H13NO2/c1-3-7-5-6-10(4-2)9(12)8(7)11/h5-7H,3-4H2,1-2H3. The molecule has 1 amide bonds. The van der Waals surface area contributed by atoms with E-state index in [1.807, 2.05) is 13.8 Å². The number of ketones is 1. The fraction of sp³-hybridized carbons (Fsp3) is 0.556. The minimum absolute atomic E-state index is 0.194. The van der Waals surface area contributed by atoms with Crippen molar-refractivity contribution >= 4 is 11.7 Å². The van der Waals surface area contributed by atoms with E-state index < -0.39 is 0 Å². The van der Waals surface area contributed by atoms with Crippen molar-refractivity contribution in [1.29, 1.82) is 0 Å². The van der Waals surface area contributed by atoms with Crippen molar-refractivity contribution < 1.29 is 9.59 Å². The Hall–Kier alpha value is -1.12. The largest absolute Gasteiger partial charge is 0.313 e. The Morgan fingerprint density at radius 3 is 2.58 bits per heavy atom. The summed E-state index contributed by atoms with van der Waals surface area (Å²) >= 11 is 0. The molecule has 66 valence electrons. The summed E-state index contributed by atoms with van der Waals surface area (Å²) < 4.78 is 0. The molecule has 1 unspecified atom stereocenters. The molecule has 1 rings (SSSR count). The SMILES string of the molecule is CCC1C=CN(CC)C(=O)C1=O. The van der Waals surface area contributed by atoms with E-state index in [-0.39, 0.29) is 17.6 Å². The van der Waals surface area contributed by atoms with Crippen molar-refractivity contribution in [2.45, 2.75) is 20.3 Å². The Bertz CT molecular complexity index is 209. The normalized spacial score (nSPS) is 23.5. The molecule has 0 fully saturated rings. The Morgan fingerprint density at radius 2 is 2.08 bits per heavy atom. The van der Waals surface area contributed by atoms with Gasteiger partial charge in [-0.05, 0) is 13.3 Å². The Balaban J connectivity index is 2.82. The number of hydrogen-bond acceptors (Lipinski definition) is 2. The second kappa shape index (κ2) is 3.52. The molecule has 1 atom stereocenters. The average molecular weight is 167 g/mol. The van der Waals surface area contributed by atoms with E-state index in [4.69, 9.17) is 0 Å². The van der Waals surface area contributed by atoms with E-state index in [0.29, 0.717) is 13.0 Å². The number of carbonyl (C=O) groups is 2. The van der Waals surface area contributed by atoms with Gasteiger partial charge in [-0.1, -0.05) is 13.0 Å². The Morgan fingerprint density at radius 1 is 1.42 bits per heavy atom. The highest BCUT2D eigenvalue weighted by Crippen LogP contribution is 2.14. The van der Waals surface area contributed by atoms with Gasteiger partial charge in [-0.15, -0.1) is 0 Å². The maximum absolute atomic E-state index is 11.3. The summed E-state index contributed by atoms with van der Waals surface area (Å²) in [5.74, 6) is -0.839. The molecule has 1 aliphatic heterocycles. The Kier molecular flexibility index (Phi) is 2.63. The van der Waals surface area contributed by atoms with Crippen LogP contribution in [0.5, 0.6) is 0 Å². The summed E-state index contributed by atoms with van der Waals surface area (Å²) in [6, 6.07) is 0. The molecule has 0 saturated carbocycles. The van der Waals surface area contributed by atoms with E-state index in [0.717, 1.165) is 0 Å². The van der Waals surface area contributed by atoms with Crippen LogP contribution in [0.4, 0.5) is 0 Å². The number of amides is 1. The van der Waals surface area contributed by atoms with Crippen LogP contribution in [0, 0.1) is 5.92 Å². The first-order valence-electron chi connectivity index (χ1n) is 4.23. The lowest BCUT2D eigenvalue weighted by Gasteiger charge is -2.22. The molecule has 0 saturated heterocycles. The summed E-state index contributed by atoms with van der Waals surface area (Å²) in [7, 11) is 0. The van der Waals surface area contributed by atoms with Crippen molar-refractivity contribution in [3.63, 3.8) is 0 Å². The van der Waals surface area contributed by atoms with Crippen LogP contribution in [0.25, 0.3) is 0 Å². The Labute approximate surface area is 72.0 Å². The molecule has 0 spiro atoms. The lowest BCUT2D eigenvalue weighted by molar-refractivity contribution is -0.145. The van der Waals surface area contributed by atoms with Gasteiger partial charge in [-0.2, -0.15) is 0 Å². The van der Waals surface area contributed by atoms with Crippen LogP contribution < -0.4 is 0 Å². The fourth-order valence-electron chi connectivity index (χ4n) is 1.23. The number of nitrogens with zero attached hydrogens (tertiary/aromatic N) is 1. The molecule has 3 nitrogen and oxygen atoms in total. The lowest BCUT2D eigenvalue weighted by atomic mass is 9.97. The predicted molar refractivity (Wildman–Crippen MR) is 45.3 cm³/mol. The van der Waals surface area contributed by atoms with E-state index in [1.54, 1.807) is 12.3 Å². The third-order valence-electron chi connectivity index (χ3n) is 2.09. The van der Waals surface area contributed by atoms with Crippen LogP contribution in [0.1, 0.15) is 20.3 Å². The van der Waals surface area contributed by atoms with Crippen LogP contribution in [0.15, 0.2) is 12.3 Å².